The summed E-state index contributed by atoms with van der Waals surface area (Å²) in [5.74, 6) is 0.581. The maximum Gasteiger partial charge on any atom is 0.272 e. The van der Waals surface area contributed by atoms with Crippen molar-refractivity contribution in [1.29, 1.82) is 0 Å². The molecule has 0 bridgehead atoms. The number of benzene rings is 2. The van der Waals surface area contributed by atoms with Crippen LogP contribution in [0.5, 0.6) is 5.75 Å². The third-order valence-corrected chi connectivity index (χ3v) is 3.82. The first-order valence-electron chi connectivity index (χ1n) is 6.79. The van der Waals surface area contributed by atoms with Crippen LogP contribution in [0.2, 0.25) is 5.02 Å². The SMILES string of the molecule is COc1ccc(NC(=O)c2cc3ccc(Cl)cc3n2C)cc1. The van der Waals surface area contributed by atoms with Crippen molar-refractivity contribution in [2.75, 3.05) is 12.4 Å². The number of amides is 1. The molecule has 0 saturated heterocycles. The largest absolute Gasteiger partial charge is 0.497 e. The zero-order chi connectivity index (χ0) is 15.7. The molecule has 3 aromatic rings. The van der Waals surface area contributed by atoms with Crippen molar-refractivity contribution in [3.05, 3.63) is 59.2 Å². The molecular weight excluding hydrogens is 300 g/mol. The Hall–Kier alpha value is -2.46. The van der Waals surface area contributed by atoms with E-state index >= 15 is 0 Å². The Bertz CT molecular complexity index is 838. The number of carbonyl (C=O) groups is 1. The number of hydrogen-bond donors (Lipinski definition) is 1. The number of carbonyl (C=O) groups excluding carboxylic acids is 1. The van der Waals surface area contributed by atoms with E-state index in [1.807, 2.05) is 35.9 Å². The quantitative estimate of drug-likeness (QED) is 0.791. The number of aryl methyl sites for hydroxylation is 1. The fourth-order valence-electron chi connectivity index (χ4n) is 2.39. The summed E-state index contributed by atoms with van der Waals surface area (Å²) < 4.78 is 6.93. The lowest BCUT2D eigenvalue weighted by Crippen LogP contribution is -2.15. The van der Waals surface area contributed by atoms with E-state index in [0.717, 1.165) is 16.7 Å². The monoisotopic (exact) mass is 314 g/mol. The minimum Gasteiger partial charge on any atom is -0.497 e. The van der Waals surface area contributed by atoms with Gasteiger partial charge in [0.05, 0.1) is 7.11 Å². The van der Waals surface area contributed by atoms with Gasteiger partial charge in [0.15, 0.2) is 0 Å². The first-order chi connectivity index (χ1) is 10.6. The Morgan fingerprint density at radius 1 is 1.14 bits per heavy atom. The first-order valence-corrected chi connectivity index (χ1v) is 7.16. The molecule has 1 heterocycles. The van der Waals surface area contributed by atoms with Gasteiger partial charge in [-0.25, -0.2) is 0 Å². The second-order valence-corrected chi connectivity index (χ2v) is 5.41. The summed E-state index contributed by atoms with van der Waals surface area (Å²) in [4.78, 5) is 12.4. The third-order valence-electron chi connectivity index (χ3n) is 3.59. The second kappa shape index (κ2) is 5.73. The van der Waals surface area contributed by atoms with Crippen LogP contribution in [-0.2, 0) is 7.05 Å². The summed E-state index contributed by atoms with van der Waals surface area (Å²) in [6, 6.07) is 14.6. The van der Waals surface area contributed by atoms with Crippen molar-refractivity contribution < 1.29 is 9.53 Å². The molecule has 1 aromatic heterocycles. The Kier molecular flexibility index (Phi) is 3.77. The van der Waals surface area contributed by atoms with Crippen molar-refractivity contribution >= 4 is 34.1 Å². The van der Waals surface area contributed by atoms with E-state index in [9.17, 15) is 4.79 Å². The summed E-state index contributed by atoms with van der Waals surface area (Å²) in [7, 11) is 3.45. The average molecular weight is 315 g/mol. The molecule has 0 aliphatic rings. The van der Waals surface area contributed by atoms with Crippen LogP contribution in [0.25, 0.3) is 10.9 Å². The van der Waals surface area contributed by atoms with Gasteiger partial charge in [-0.1, -0.05) is 17.7 Å². The number of fused-ring (bicyclic) bond motifs is 1. The highest BCUT2D eigenvalue weighted by molar-refractivity contribution is 6.31. The number of hydrogen-bond acceptors (Lipinski definition) is 2. The lowest BCUT2D eigenvalue weighted by atomic mass is 10.2. The van der Waals surface area contributed by atoms with Crippen LogP contribution in [-0.4, -0.2) is 17.6 Å². The van der Waals surface area contributed by atoms with Gasteiger partial charge < -0.3 is 14.6 Å². The maximum atomic E-state index is 12.4. The highest BCUT2D eigenvalue weighted by Crippen LogP contribution is 2.23. The van der Waals surface area contributed by atoms with E-state index in [0.29, 0.717) is 16.4 Å². The highest BCUT2D eigenvalue weighted by Gasteiger charge is 2.13. The number of aromatic nitrogens is 1. The van der Waals surface area contributed by atoms with Gasteiger partial charge >= 0.3 is 0 Å². The van der Waals surface area contributed by atoms with Gasteiger partial charge in [-0.3, -0.25) is 4.79 Å². The normalized spacial score (nSPS) is 10.7. The van der Waals surface area contributed by atoms with Crippen LogP contribution in [0.1, 0.15) is 10.5 Å². The molecule has 2 aromatic carbocycles. The minimum atomic E-state index is -0.167. The van der Waals surface area contributed by atoms with E-state index in [1.165, 1.54) is 0 Å². The van der Waals surface area contributed by atoms with Crippen LogP contribution in [0.4, 0.5) is 5.69 Å². The highest BCUT2D eigenvalue weighted by atomic mass is 35.5. The van der Waals surface area contributed by atoms with Gasteiger partial charge in [0.25, 0.3) is 5.91 Å². The van der Waals surface area contributed by atoms with Crippen LogP contribution in [0.15, 0.2) is 48.5 Å². The summed E-state index contributed by atoms with van der Waals surface area (Å²) in [6.45, 7) is 0. The number of rotatable bonds is 3. The number of nitrogens with zero attached hydrogens (tertiary/aromatic N) is 1. The zero-order valence-electron chi connectivity index (χ0n) is 12.3. The van der Waals surface area contributed by atoms with E-state index in [1.54, 1.807) is 31.4 Å². The lowest BCUT2D eigenvalue weighted by molar-refractivity contribution is 0.101. The van der Waals surface area contributed by atoms with Crippen LogP contribution in [0.3, 0.4) is 0 Å². The molecule has 5 heteroatoms. The molecule has 3 rings (SSSR count). The van der Waals surface area contributed by atoms with E-state index < -0.39 is 0 Å². The molecule has 112 valence electrons. The fraction of sp³-hybridized carbons (Fsp3) is 0.118. The molecule has 1 N–H and O–H groups in total. The van der Waals surface area contributed by atoms with Crippen molar-refractivity contribution in [3.63, 3.8) is 0 Å². The van der Waals surface area contributed by atoms with Gasteiger partial charge in [-0.15, -0.1) is 0 Å². The van der Waals surface area contributed by atoms with Crippen LogP contribution in [0, 0.1) is 0 Å². The number of ether oxygens (including phenoxy) is 1. The molecule has 0 atom stereocenters. The summed E-state index contributed by atoms with van der Waals surface area (Å²) in [6.07, 6.45) is 0. The third kappa shape index (κ3) is 2.65. The van der Waals surface area contributed by atoms with Crippen LogP contribution < -0.4 is 10.1 Å². The molecule has 0 aliphatic carbocycles. The van der Waals surface area contributed by atoms with E-state index in [2.05, 4.69) is 5.32 Å². The van der Waals surface area contributed by atoms with Gasteiger partial charge in [0.1, 0.15) is 11.4 Å². The fourth-order valence-corrected chi connectivity index (χ4v) is 2.56. The van der Waals surface area contributed by atoms with Crippen molar-refractivity contribution in [3.8, 4) is 5.75 Å². The lowest BCUT2D eigenvalue weighted by Gasteiger charge is -2.07. The van der Waals surface area contributed by atoms with E-state index in [-0.39, 0.29) is 5.91 Å². The topological polar surface area (TPSA) is 43.3 Å². The van der Waals surface area contributed by atoms with Gasteiger partial charge in [0.2, 0.25) is 0 Å². The standard InChI is InChI=1S/C17H15ClN2O2/c1-20-15-10-12(18)4-3-11(15)9-16(20)17(21)19-13-5-7-14(22-2)8-6-13/h3-10H,1-2H3,(H,19,21). The molecular formula is C17H15ClN2O2. The summed E-state index contributed by atoms with van der Waals surface area (Å²) in [5.41, 5.74) is 2.22. The first kappa shape index (κ1) is 14.5. The summed E-state index contributed by atoms with van der Waals surface area (Å²) >= 11 is 6.01. The maximum absolute atomic E-state index is 12.4. The predicted molar refractivity (Wildman–Crippen MR) is 88.9 cm³/mol. The molecule has 22 heavy (non-hydrogen) atoms. The van der Waals surface area contributed by atoms with Gasteiger partial charge in [-0.05, 0) is 42.5 Å². The Labute approximate surface area is 133 Å². The number of methoxy groups -OCH3 is 1. The molecule has 0 fully saturated rings. The molecule has 0 radical (unpaired) electrons. The average Bonchev–Trinajstić information content (AvgIpc) is 2.85. The molecule has 4 nitrogen and oxygen atoms in total. The van der Waals surface area contributed by atoms with Crippen molar-refractivity contribution in [1.82, 2.24) is 4.57 Å². The smallest absolute Gasteiger partial charge is 0.272 e. The molecule has 0 aliphatic heterocycles. The minimum absolute atomic E-state index is 0.167. The zero-order valence-corrected chi connectivity index (χ0v) is 13.0. The molecule has 0 saturated carbocycles. The number of nitrogens with one attached hydrogen (secondary N) is 1. The molecule has 0 spiro atoms. The van der Waals surface area contributed by atoms with Crippen molar-refractivity contribution in [2.24, 2.45) is 7.05 Å². The Morgan fingerprint density at radius 2 is 1.86 bits per heavy atom. The van der Waals surface area contributed by atoms with Crippen LogP contribution >= 0.6 is 11.6 Å². The number of halogens is 1. The summed E-state index contributed by atoms with van der Waals surface area (Å²) in [5, 5.41) is 4.51. The predicted octanol–water partition coefficient (Wildman–Crippen LogP) is 4.09. The molecule has 0 unspecified atom stereocenters. The van der Waals surface area contributed by atoms with E-state index in [4.69, 9.17) is 16.3 Å². The Balaban J connectivity index is 1.89. The van der Waals surface area contributed by atoms with Gasteiger partial charge in [0, 0.05) is 28.7 Å². The molecule has 1 amide bonds. The number of anilines is 1. The Morgan fingerprint density at radius 3 is 2.55 bits per heavy atom. The second-order valence-electron chi connectivity index (χ2n) is 4.97. The van der Waals surface area contributed by atoms with Gasteiger partial charge in [-0.2, -0.15) is 0 Å². The van der Waals surface area contributed by atoms with Crippen molar-refractivity contribution in [2.45, 2.75) is 0 Å².